The summed E-state index contributed by atoms with van der Waals surface area (Å²) in [6, 6.07) is 8.24. The van der Waals surface area contributed by atoms with Crippen LogP contribution in [0.15, 0.2) is 24.3 Å². The van der Waals surface area contributed by atoms with E-state index in [0.717, 1.165) is 29.0 Å². The van der Waals surface area contributed by atoms with E-state index in [0.29, 0.717) is 0 Å². The summed E-state index contributed by atoms with van der Waals surface area (Å²) >= 11 is 6.31. The number of hydrogen-bond acceptors (Lipinski definition) is 1. The van der Waals surface area contributed by atoms with Gasteiger partial charge in [-0.3, -0.25) is 0 Å². The minimum Gasteiger partial charge on any atom is -0.198 e. The first-order valence-corrected chi connectivity index (χ1v) is 6.48. The van der Waals surface area contributed by atoms with E-state index in [-0.39, 0.29) is 5.92 Å². The average molecular weight is 246 g/mol. The first-order chi connectivity index (χ1) is 8.22. The van der Waals surface area contributed by atoms with Gasteiger partial charge in [-0.25, -0.2) is 0 Å². The lowest BCUT2D eigenvalue weighted by Crippen LogP contribution is -1.95. The highest BCUT2D eigenvalue weighted by atomic mass is 35.5. The van der Waals surface area contributed by atoms with Gasteiger partial charge in [0.25, 0.3) is 0 Å². The summed E-state index contributed by atoms with van der Waals surface area (Å²) < 4.78 is 0. The Bertz CT molecular complexity index is 482. The summed E-state index contributed by atoms with van der Waals surface area (Å²) in [5, 5.41) is 9.67. The predicted octanol–water partition coefficient (Wildman–Crippen LogP) is 4.92. The molecule has 1 aromatic carbocycles. The Morgan fingerprint density at radius 1 is 1.35 bits per heavy atom. The Hall–Kier alpha value is -1.26. The van der Waals surface area contributed by atoms with E-state index in [2.05, 4.69) is 18.2 Å². The second-order valence-corrected chi connectivity index (χ2v) is 4.97. The normalized spacial score (nSPS) is 17.1. The molecule has 0 heterocycles. The van der Waals surface area contributed by atoms with Gasteiger partial charge in [-0.2, -0.15) is 5.26 Å². The van der Waals surface area contributed by atoms with Crippen LogP contribution in [0.2, 0.25) is 5.02 Å². The second kappa shape index (κ2) is 5.38. The molecule has 0 aliphatic heterocycles. The van der Waals surface area contributed by atoms with E-state index in [9.17, 15) is 0 Å². The molecule has 2 heteroatoms. The summed E-state index contributed by atoms with van der Waals surface area (Å²) in [5.74, 6) is -0.0955. The van der Waals surface area contributed by atoms with E-state index in [4.69, 9.17) is 16.9 Å². The Balaban J connectivity index is 2.32. The third-order valence-electron chi connectivity index (χ3n) is 3.32. The van der Waals surface area contributed by atoms with Crippen molar-refractivity contribution in [2.45, 2.75) is 38.5 Å². The van der Waals surface area contributed by atoms with Crippen LogP contribution in [0, 0.1) is 11.3 Å². The zero-order valence-corrected chi connectivity index (χ0v) is 10.8. The first kappa shape index (κ1) is 12.2. The van der Waals surface area contributed by atoms with Crippen molar-refractivity contribution in [2.75, 3.05) is 0 Å². The fourth-order valence-electron chi connectivity index (χ4n) is 2.22. The Kier molecular flexibility index (Phi) is 3.86. The van der Waals surface area contributed by atoms with Gasteiger partial charge in [0.2, 0.25) is 0 Å². The average Bonchev–Trinajstić information content (AvgIpc) is 2.38. The highest BCUT2D eigenvalue weighted by Gasteiger charge is 2.12. The molecule has 2 rings (SSSR count). The molecule has 0 amide bonds. The highest BCUT2D eigenvalue weighted by Crippen LogP contribution is 2.33. The molecular formula is C15H16ClN. The fourth-order valence-corrected chi connectivity index (χ4v) is 2.53. The number of allylic oxidation sites excluding steroid dienone is 2. The Morgan fingerprint density at radius 3 is 2.76 bits per heavy atom. The van der Waals surface area contributed by atoms with Crippen molar-refractivity contribution in [3.63, 3.8) is 0 Å². The van der Waals surface area contributed by atoms with Gasteiger partial charge >= 0.3 is 0 Å². The standard InChI is InChI=1S/C15H16ClN/c1-11(10-17)13-7-8-14(15(16)9-13)12-5-3-2-4-6-12/h5,7-9,11H,2-4,6H2,1H3. The summed E-state index contributed by atoms with van der Waals surface area (Å²) in [5.41, 5.74) is 3.50. The molecule has 0 spiro atoms. The summed E-state index contributed by atoms with van der Waals surface area (Å²) in [7, 11) is 0. The van der Waals surface area contributed by atoms with Crippen molar-refractivity contribution in [2.24, 2.45) is 0 Å². The van der Waals surface area contributed by atoms with E-state index in [1.807, 2.05) is 19.1 Å². The molecule has 1 aliphatic rings. The number of halogens is 1. The van der Waals surface area contributed by atoms with Crippen molar-refractivity contribution in [1.82, 2.24) is 0 Å². The van der Waals surface area contributed by atoms with Crippen molar-refractivity contribution in [3.8, 4) is 6.07 Å². The monoisotopic (exact) mass is 245 g/mol. The molecule has 88 valence electrons. The third-order valence-corrected chi connectivity index (χ3v) is 3.64. The lowest BCUT2D eigenvalue weighted by Gasteiger charge is -2.15. The highest BCUT2D eigenvalue weighted by molar-refractivity contribution is 6.32. The van der Waals surface area contributed by atoms with Crippen LogP contribution >= 0.6 is 11.6 Å². The van der Waals surface area contributed by atoms with Crippen LogP contribution in [0.25, 0.3) is 5.57 Å². The molecule has 0 saturated carbocycles. The molecule has 1 aromatic rings. The minimum atomic E-state index is -0.0955. The maximum absolute atomic E-state index is 8.89. The van der Waals surface area contributed by atoms with Crippen molar-refractivity contribution in [1.29, 1.82) is 5.26 Å². The zero-order valence-electron chi connectivity index (χ0n) is 10.0. The molecule has 0 fully saturated rings. The van der Waals surface area contributed by atoms with Crippen molar-refractivity contribution < 1.29 is 0 Å². The molecule has 17 heavy (non-hydrogen) atoms. The molecule has 0 N–H and O–H groups in total. The van der Waals surface area contributed by atoms with Gasteiger partial charge < -0.3 is 0 Å². The molecule has 1 nitrogen and oxygen atoms in total. The van der Waals surface area contributed by atoms with E-state index >= 15 is 0 Å². The molecule has 0 aromatic heterocycles. The Labute approximate surface area is 108 Å². The summed E-state index contributed by atoms with van der Waals surface area (Å²) in [6.07, 6.45) is 7.09. The van der Waals surface area contributed by atoms with Gasteiger partial charge in [0, 0.05) is 5.02 Å². The van der Waals surface area contributed by atoms with Gasteiger partial charge in [0.1, 0.15) is 0 Å². The lowest BCUT2D eigenvalue weighted by atomic mass is 9.92. The van der Waals surface area contributed by atoms with Crippen LogP contribution < -0.4 is 0 Å². The quantitative estimate of drug-likeness (QED) is 0.725. The van der Waals surface area contributed by atoms with Gasteiger partial charge in [0.05, 0.1) is 12.0 Å². The maximum atomic E-state index is 8.89. The number of nitrogens with zero attached hydrogens (tertiary/aromatic N) is 1. The predicted molar refractivity (Wildman–Crippen MR) is 71.9 cm³/mol. The van der Waals surface area contributed by atoms with Gasteiger partial charge in [-0.15, -0.1) is 0 Å². The molecule has 0 saturated heterocycles. The van der Waals surface area contributed by atoms with Crippen LogP contribution in [0.4, 0.5) is 0 Å². The van der Waals surface area contributed by atoms with Gasteiger partial charge in [-0.05, 0) is 55.4 Å². The minimum absolute atomic E-state index is 0.0955. The van der Waals surface area contributed by atoms with Crippen LogP contribution in [0.5, 0.6) is 0 Å². The van der Waals surface area contributed by atoms with E-state index < -0.39 is 0 Å². The number of hydrogen-bond donors (Lipinski definition) is 0. The number of nitriles is 1. The smallest absolute Gasteiger partial charge is 0.0700 e. The number of rotatable bonds is 2. The Morgan fingerprint density at radius 2 is 2.18 bits per heavy atom. The molecule has 1 aliphatic carbocycles. The van der Waals surface area contributed by atoms with Crippen LogP contribution in [-0.2, 0) is 0 Å². The van der Waals surface area contributed by atoms with Gasteiger partial charge in [-0.1, -0.05) is 29.8 Å². The zero-order chi connectivity index (χ0) is 12.3. The fraction of sp³-hybridized carbons (Fsp3) is 0.400. The largest absolute Gasteiger partial charge is 0.198 e. The van der Waals surface area contributed by atoms with Crippen LogP contribution in [-0.4, -0.2) is 0 Å². The molecule has 0 radical (unpaired) electrons. The SMILES string of the molecule is CC(C#N)c1ccc(C2=CCCCC2)c(Cl)c1. The summed E-state index contributed by atoms with van der Waals surface area (Å²) in [4.78, 5) is 0. The first-order valence-electron chi connectivity index (χ1n) is 6.11. The van der Waals surface area contributed by atoms with E-state index in [1.54, 1.807) is 0 Å². The van der Waals surface area contributed by atoms with Gasteiger partial charge in [0.15, 0.2) is 0 Å². The molecule has 1 unspecified atom stereocenters. The van der Waals surface area contributed by atoms with Crippen molar-refractivity contribution >= 4 is 17.2 Å². The van der Waals surface area contributed by atoms with E-state index in [1.165, 1.54) is 18.4 Å². The second-order valence-electron chi connectivity index (χ2n) is 4.57. The topological polar surface area (TPSA) is 23.8 Å². The molecule has 0 bridgehead atoms. The van der Waals surface area contributed by atoms with Crippen molar-refractivity contribution in [3.05, 3.63) is 40.4 Å². The lowest BCUT2D eigenvalue weighted by molar-refractivity contribution is 0.742. The maximum Gasteiger partial charge on any atom is 0.0700 e. The summed E-state index contributed by atoms with van der Waals surface area (Å²) in [6.45, 7) is 1.89. The third kappa shape index (κ3) is 2.70. The van der Waals surface area contributed by atoms with Crippen LogP contribution in [0.1, 0.15) is 49.7 Å². The molecular weight excluding hydrogens is 230 g/mol. The number of benzene rings is 1. The van der Waals surface area contributed by atoms with Crippen LogP contribution in [0.3, 0.4) is 0 Å². The molecule has 1 atom stereocenters.